The van der Waals surface area contributed by atoms with E-state index < -0.39 is 11.9 Å². The molecule has 0 N–H and O–H groups in total. The molecule has 0 spiro atoms. The van der Waals surface area contributed by atoms with E-state index in [0.717, 1.165) is 16.8 Å². The summed E-state index contributed by atoms with van der Waals surface area (Å²) in [6.07, 6.45) is -3.28. The van der Waals surface area contributed by atoms with Gasteiger partial charge in [-0.15, -0.1) is 0 Å². The van der Waals surface area contributed by atoms with Gasteiger partial charge in [-0.25, -0.2) is 9.50 Å². The normalized spacial score (nSPS) is 13.3. The first-order valence-electron chi connectivity index (χ1n) is 5.12. The summed E-state index contributed by atoms with van der Waals surface area (Å²) in [7, 11) is 0. The maximum Gasteiger partial charge on any atom is 0.433 e. The largest absolute Gasteiger partial charge is 0.433 e. The van der Waals surface area contributed by atoms with Gasteiger partial charge in [0.25, 0.3) is 0 Å². The van der Waals surface area contributed by atoms with Crippen LogP contribution in [0.15, 0.2) is 18.3 Å². The van der Waals surface area contributed by atoms with Gasteiger partial charge in [0.1, 0.15) is 5.69 Å². The van der Waals surface area contributed by atoms with Gasteiger partial charge in [0.15, 0.2) is 5.65 Å². The van der Waals surface area contributed by atoms with Crippen LogP contribution in [0.3, 0.4) is 0 Å². The Labute approximate surface area is 96.3 Å². The van der Waals surface area contributed by atoms with Crippen molar-refractivity contribution in [1.29, 1.82) is 0 Å². The van der Waals surface area contributed by atoms with Gasteiger partial charge in [0.2, 0.25) is 0 Å². The summed E-state index contributed by atoms with van der Waals surface area (Å²) in [6, 6.07) is 2.50. The first-order chi connectivity index (χ1) is 7.69. The molecule has 3 nitrogen and oxygen atoms in total. The minimum absolute atomic E-state index is 0.213. The zero-order valence-corrected chi connectivity index (χ0v) is 9.71. The lowest BCUT2D eigenvalue weighted by Crippen LogP contribution is -2.15. The molecule has 0 amide bonds. The van der Waals surface area contributed by atoms with Crippen LogP contribution in [0.2, 0.25) is 0 Å². The van der Waals surface area contributed by atoms with Gasteiger partial charge in [-0.2, -0.15) is 18.3 Å². The van der Waals surface area contributed by atoms with E-state index in [1.54, 1.807) is 6.07 Å². The van der Waals surface area contributed by atoms with Crippen LogP contribution in [-0.4, -0.2) is 14.6 Å². The third-order valence-corrected chi connectivity index (χ3v) is 2.42. The number of alkyl halides is 3. The number of nitrogens with zero attached hydrogens (tertiary/aromatic N) is 3. The van der Waals surface area contributed by atoms with Crippen molar-refractivity contribution in [1.82, 2.24) is 14.6 Å². The van der Waals surface area contributed by atoms with Crippen molar-refractivity contribution in [2.24, 2.45) is 0 Å². The van der Waals surface area contributed by atoms with Crippen molar-refractivity contribution in [2.75, 3.05) is 0 Å². The predicted molar refractivity (Wildman–Crippen MR) is 56.7 cm³/mol. The summed E-state index contributed by atoms with van der Waals surface area (Å²) >= 11 is 0. The van der Waals surface area contributed by atoms with Crippen LogP contribution in [0.1, 0.15) is 32.2 Å². The zero-order valence-electron chi connectivity index (χ0n) is 9.71. The molecule has 92 valence electrons. The van der Waals surface area contributed by atoms with E-state index in [4.69, 9.17) is 0 Å². The van der Waals surface area contributed by atoms with Crippen molar-refractivity contribution in [3.8, 4) is 0 Å². The predicted octanol–water partition coefficient (Wildman–Crippen LogP) is 3.05. The van der Waals surface area contributed by atoms with Crippen molar-refractivity contribution in [3.05, 3.63) is 29.7 Å². The second-order valence-corrected chi connectivity index (χ2v) is 4.88. The van der Waals surface area contributed by atoms with E-state index in [1.807, 2.05) is 20.8 Å². The highest BCUT2D eigenvalue weighted by molar-refractivity contribution is 5.42. The van der Waals surface area contributed by atoms with Crippen LogP contribution in [-0.2, 0) is 11.6 Å². The zero-order chi connectivity index (χ0) is 12.8. The molecule has 2 rings (SSSR count). The van der Waals surface area contributed by atoms with Crippen molar-refractivity contribution in [3.63, 3.8) is 0 Å². The Hall–Kier alpha value is -1.59. The Balaban J connectivity index is 2.70. The number of halogens is 3. The number of hydrogen-bond donors (Lipinski definition) is 0. The molecule has 0 saturated carbocycles. The third kappa shape index (κ3) is 2.11. The fraction of sp³-hybridized carbons (Fsp3) is 0.455. The van der Waals surface area contributed by atoms with Crippen molar-refractivity contribution < 1.29 is 13.2 Å². The van der Waals surface area contributed by atoms with Gasteiger partial charge in [0.05, 0.1) is 5.69 Å². The molecule has 6 heteroatoms. The number of rotatable bonds is 0. The number of hydrogen-bond acceptors (Lipinski definition) is 2. The van der Waals surface area contributed by atoms with Gasteiger partial charge >= 0.3 is 6.18 Å². The van der Waals surface area contributed by atoms with E-state index in [1.165, 1.54) is 0 Å². The molecule has 0 unspecified atom stereocenters. The van der Waals surface area contributed by atoms with E-state index in [-0.39, 0.29) is 11.1 Å². The highest BCUT2D eigenvalue weighted by Gasteiger charge is 2.34. The molecule has 0 bridgehead atoms. The Morgan fingerprint density at radius 1 is 1.18 bits per heavy atom. The first kappa shape index (κ1) is 11.9. The Kier molecular flexibility index (Phi) is 2.41. The summed E-state index contributed by atoms with van der Waals surface area (Å²) < 4.78 is 39.1. The molecule has 0 aromatic carbocycles. The van der Waals surface area contributed by atoms with E-state index in [9.17, 15) is 13.2 Å². The summed E-state index contributed by atoms with van der Waals surface area (Å²) in [5.41, 5.74) is -0.319. The van der Waals surface area contributed by atoms with E-state index in [2.05, 4.69) is 10.1 Å². The summed E-state index contributed by atoms with van der Waals surface area (Å²) in [4.78, 5) is 3.89. The average Bonchev–Trinajstić information content (AvgIpc) is 2.57. The SMILES string of the molecule is CC(C)(C)c1cc2nccc(C(F)(F)F)n2n1. The standard InChI is InChI=1S/C11H12F3N3/c1-10(2,3)7-6-9-15-5-4-8(11(12,13)14)17(9)16-7/h4-6H,1-3H3. The molecule has 0 saturated heterocycles. The lowest BCUT2D eigenvalue weighted by Gasteiger charge is -2.13. The Morgan fingerprint density at radius 3 is 2.35 bits per heavy atom. The molecule has 2 heterocycles. The quantitative estimate of drug-likeness (QED) is 0.711. The molecular formula is C11H12F3N3. The smallest absolute Gasteiger partial charge is 0.237 e. The van der Waals surface area contributed by atoms with Crippen molar-refractivity contribution >= 4 is 5.65 Å². The highest BCUT2D eigenvalue weighted by Crippen LogP contribution is 2.30. The second-order valence-electron chi connectivity index (χ2n) is 4.88. The van der Waals surface area contributed by atoms with Crippen LogP contribution in [0, 0.1) is 0 Å². The molecular weight excluding hydrogens is 231 g/mol. The van der Waals surface area contributed by atoms with Crippen molar-refractivity contribution in [2.45, 2.75) is 32.4 Å². The van der Waals surface area contributed by atoms with Gasteiger partial charge < -0.3 is 0 Å². The molecule has 0 atom stereocenters. The van der Waals surface area contributed by atoms with Crippen LogP contribution < -0.4 is 0 Å². The second kappa shape index (κ2) is 3.45. The summed E-state index contributed by atoms with van der Waals surface area (Å²) in [6.45, 7) is 5.67. The van der Waals surface area contributed by atoms with E-state index in [0.29, 0.717) is 5.69 Å². The van der Waals surface area contributed by atoms with Gasteiger partial charge in [-0.3, -0.25) is 0 Å². The maximum atomic E-state index is 12.7. The van der Waals surface area contributed by atoms with Gasteiger partial charge in [-0.1, -0.05) is 20.8 Å². The molecule has 0 radical (unpaired) electrons. The summed E-state index contributed by atoms with van der Waals surface area (Å²) in [5, 5.41) is 3.98. The van der Waals surface area contributed by atoms with E-state index >= 15 is 0 Å². The van der Waals surface area contributed by atoms with Crippen LogP contribution in [0.4, 0.5) is 13.2 Å². The van der Waals surface area contributed by atoms with Gasteiger partial charge in [0, 0.05) is 17.7 Å². The number of aromatic nitrogens is 3. The molecule has 2 aromatic rings. The minimum atomic E-state index is -4.43. The molecule has 0 aliphatic rings. The summed E-state index contributed by atoms with van der Waals surface area (Å²) in [5.74, 6) is 0. The molecule has 0 aliphatic carbocycles. The Bertz CT molecular complexity index is 549. The highest BCUT2D eigenvalue weighted by atomic mass is 19.4. The molecule has 2 aromatic heterocycles. The lowest BCUT2D eigenvalue weighted by molar-refractivity contribution is -0.142. The third-order valence-electron chi connectivity index (χ3n) is 2.42. The minimum Gasteiger partial charge on any atom is -0.237 e. The molecule has 17 heavy (non-hydrogen) atoms. The van der Waals surface area contributed by atoms with Gasteiger partial charge in [-0.05, 0) is 6.07 Å². The fourth-order valence-corrected chi connectivity index (χ4v) is 1.48. The maximum absolute atomic E-state index is 12.7. The monoisotopic (exact) mass is 243 g/mol. The lowest BCUT2D eigenvalue weighted by atomic mass is 9.93. The topological polar surface area (TPSA) is 30.2 Å². The number of fused-ring (bicyclic) bond motifs is 1. The Morgan fingerprint density at radius 2 is 1.82 bits per heavy atom. The van der Waals surface area contributed by atoms with Crippen LogP contribution in [0.5, 0.6) is 0 Å². The first-order valence-corrected chi connectivity index (χ1v) is 5.12. The van der Waals surface area contributed by atoms with Crippen LogP contribution >= 0.6 is 0 Å². The van der Waals surface area contributed by atoms with Crippen LogP contribution in [0.25, 0.3) is 5.65 Å². The fourth-order valence-electron chi connectivity index (χ4n) is 1.48. The molecule has 0 aliphatic heterocycles. The molecule has 0 fully saturated rings. The average molecular weight is 243 g/mol.